The first-order chi connectivity index (χ1) is 6.88. The van der Waals surface area contributed by atoms with E-state index in [9.17, 15) is 0 Å². The van der Waals surface area contributed by atoms with E-state index in [1.807, 2.05) is 6.07 Å². The van der Waals surface area contributed by atoms with E-state index in [0.29, 0.717) is 0 Å². The van der Waals surface area contributed by atoms with Crippen LogP contribution in [0.5, 0.6) is 5.75 Å². The minimum absolute atomic E-state index is 1.07. The molecule has 0 heterocycles. The third-order valence-electron chi connectivity index (χ3n) is 2.38. The van der Waals surface area contributed by atoms with Crippen LogP contribution in [0.4, 0.5) is 0 Å². The van der Waals surface area contributed by atoms with Crippen molar-refractivity contribution < 1.29 is 3.07 Å². The average molecular weight is 296 g/mol. The summed E-state index contributed by atoms with van der Waals surface area (Å²) in [7, 11) is 0. The molecule has 0 saturated heterocycles. The van der Waals surface area contributed by atoms with Gasteiger partial charge in [0.05, 0.1) is 0 Å². The summed E-state index contributed by atoms with van der Waals surface area (Å²) in [6, 6.07) is 8.36. The van der Waals surface area contributed by atoms with Gasteiger partial charge in [0.2, 0.25) is 0 Å². The monoisotopic (exact) mass is 297 g/mol. The van der Waals surface area contributed by atoms with Crippen molar-refractivity contribution in [2.24, 2.45) is 0 Å². The summed E-state index contributed by atoms with van der Waals surface area (Å²) < 4.78 is 5.39. The van der Waals surface area contributed by atoms with Gasteiger partial charge in [-0.2, -0.15) is 0 Å². The molecule has 1 aromatic carbocycles. The minimum atomic E-state index is 1.07. The molecule has 0 spiro atoms. The fraction of sp³-hybridized carbons (Fsp3) is 0.500. The Hall–Kier alpha value is -0.181. The summed E-state index contributed by atoms with van der Waals surface area (Å²) in [6.07, 6.45) is 6.42. The Kier molecular flexibility index (Phi) is 6.08. The Morgan fingerprint density at radius 3 is 2.64 bits per heavy atom. The zero-order valence-corrected chi connectivity index (χ0v) is 11.6. The molecule has 3 radical (unpaired) electrons. The molecule has 1 aromatic rings. The second-order valence-corrected chi connectivity index (χ2v) is 4.10. The van der Waals surface area contributed by atoms with Crippen LogP contribution >= 0.6 is 0 Å². The topological polar surface area (TPSA) is 9.23 Å². The van der Waals surface area contributed by atoms with Gasteiger partial charge in [0.1, 0.15) is 0 Å². The van der Waals surface area contributed by atoms with E-state index in [0.717, 1.165) is 35.1 Å². The van der Waals surface area contributed by atoms with Gasteiger partial charge in [-0.05, 0) is 0 Å². The van der Waals surface area contributed by atoms with E-state index in [1.54, 1.807) is 0 Å². The zero-order chi connectivity index (χ0) is 10.2. The molecule has 0 saturated carbocycles. The Bertz CT molecular complexity index is 260. The summed E-state index contributed by atoms with van der Waals surface area (Å²) in [6.45, 7) is 2.24. The van der Waals surface area contributed by atoms with Gasteiger partial charge in [-0.25, -0.2) is 0 Å². The second-order valence-electron chi connectivity index (χ2n) is 3.52. The fourth-order valence-corrected chi connectivity index (χ4v) is 2.12. The molecule has 1 rings (SSSR count). The molecular weight excluding hydrogens is 279 g/mol. The van der Waals surface area contributed by atoms with Crippen molar-refractivity contribution in [3.05, 3.63) is 29.8 Å². The number of aryl methyl sites for hydroxylation is 1. The van der Waals surface area contributed by atoms with Crippen molar-refractivity contribution in [2.75, 3.05) is 0 Å². The molecule has 75 valence electrons. The van der Waals surface area contributed by atoms with Crippen LogP contribution in [0.15, 0.2) is 24.3 Å². The molecule has 1 nitrogen and oxygen atoms in total. The second kappa shape index (κ2) is 7.16. The first-order valence-electron chi connectivity index (χ1n) is 5.30. The number of benzene rings is 1. The van der Waals surface area contributed by atoms with Gasteiger partial charge in [0.15, 0.2) is 0 Å². The summed E-state index contributed by atoms with van der Waals surface area (Å²) in [5.74, 6) is 1.07. The van der Waals surface area contributed by atoms with Gasteiger partial charge in [0.25, 0.3) is 0 Å². The van der Waals surface area contributed by atoms with E-state index in [4.69, 9.17) is 3.07 Å². The van der Waals surface area contributed by atoms with Gasteiger partial charge in [-0.1, -0.05) is 0 Å². The molecule has 0 N–H and O–H groups in total. The molecule has 0 aromatic heterocycles. The number of hydrogen-bond donors (Lipinski definition) is 0. The SMILES string of the molecule is CCCCCCc1ccccc1[O][Sn]. The molecule has 0 fully saturated rings. The van der Waals surface area contributed by atoms with E-state index in [1.165, 1.54) is 31.2 Å². The van der Waals surface area contributed by atoms with Gasteiger partial charge < -0.3 is 0 Å². The Morgan fingerprint density at radius 2 is 1.93 bits per heavy atom. The average Bonchev–Trinajstić information content (AvgIpc) is 2.25. The van der Waals surface area contributed by atoms with Crippen LogP contribution in [0.3, 0.4) is 0 Å². The molecule has 2 heteroatoms. The van der Waals surface area contributed by atoms with Crippen molar-refractivity contribution in [3.63, 3.8) is 0 Å². The van der Waals surface area contributed by atoms with Crippen LogP contribution in [-0.4, -0.2) is 22.9 Å². The van der Waals surface area contributed by atoms with Gasteiger partial charge in [-0.15, -0.1) is 0 Å². The number of unbranched alkanes of at least 4 members (excludes halogenated alkanes) is 3. The quantitative estimate of drug-likeness (QED) is 0.578. The first kappa shape index (κ1) is 11.9. The number of rotatable bonds is 6. The molecule has 0 amide bonds. The maximum absolute atomic E-state index is 5.39. The molecule has 0 aliphatic rings. The predicted octanol–water partition coefficient (Wildman–Crippen LogP) is 3.27. The van der Waals surface area contributed by atoms with E-state index < -0.39 is 0 Å². The molecule has 0 aliphatic heterocycles. The van der Waals surface area contributed by atoms with Gasteiger partial charge >= 0.3 is 101 Å². The van der Waals surface area contributed by atoms with Crippen LogP contribution in [0.1, 0.15) is 38.2 Å². The van der Waals surface area contributed by atoms with Crippen molar-refractivity contribution in [3.8, 4) is 5.75 Å². The van der Waals surface area contributed by atoms with Crippen molar-refractivity contribution in [1.82, 2.24) is 0 Å². The Labute approximate surface area is 100 Å². The molecule has 0 aliphatic carbocycles. The molecule has 0 atom stereocenters. The van der Waals surface area contributed by atoms with Gasteiger partial charge in [-0.3, -0.25) is 0 Å². The van der Waals surface area contributed by atoms with Crippen molar-refractivity contribution >= 4 is 22.9 Å². The van der Waals surface area contributed by atoms with Crippen LogP contribution in [0, 0.1) is 0 Å². The third-order valence-corrected chi connectivity index (χ3v) is 3.01. The predicted molar refractivity (Wildman–Crippen MR) is 60.7 cm³/mol. The zero-order valence-electron chi connectivity index (χ0n) is 8.75. The van der Waals surface area contributed by atoms with Crippen LogP contribution in [0.2, 0.25) is 0 Å². The van der Waals surface area contributed by atoms with Gasteiger partial charge in [0, 0.05) is 0 Å². The summed E-state index contributed by atoms with van der Waals surface area (Å²) in [5.41, 5.74) is 1.36. The summed E-state index contributed by atoms with van der Waals surface area (Å²) in [5, 5.41) is 0. The molecule has 14 heavy (non-hydrogen) atoms. The van der Waals surface area contributed by atoms with Crippen molar-refractivity contribution in [1.29, 1.82) is 0 Å². The van der Waals surface area contributed by atoms with Crippen LogP contribution in [-0.2, 0) is 6.42 Å². The maximum atomic E-state index is 5.39. The first-order valence-corrected chi connectivity index (χ1v) is 6.46. The van der Waals surface area contributed by atoms with E-state index >= 15 is 0 Å². The number of para-hydroxylation sites is 1. The molecular formula is C12H17OSn. The molecule has 0 unspecified atom stereocenters. The fourth-order valence-electron chi connectivity index (χ4n) is 1.55. The third kappa shape index (κ3) is 3.91. The number of hydrogen-bond acceptors (Lipinski definition) is 1. The van der Waals surface area contributed by atoms with E-state index in [-0.39, 0.29) is 0 Å². The van der Waals surface area contributed by atoms with Crippen molar-refractivity contribution in [2.45, 2.75) is 39.0 Å². The summed E-state index contributed by atoms with van der Waals surface area (Å²) in [4.78, 5) is 0. The Balaban J connectivity index is 2.41. The summed E-state index contributed by atoms with van der Waals surface area (Å²) >= 11 is 1.12. The van der Waals surface area contributed by atoms with Crippen LogP contribution in [0.25, 0.3) is 0 Å². The standard InChI is InChI=1S/C12H18O.Sn/c1-2-3-4-5-8-11-9-6-7-10-12(11)13;/h6-7,9-10,13H,2-5,8H2,1H3;/q;+1/p-1. The Morgan fingerprint density at radius 1 is 1.14 bits per heavy atom. The van der Waals surface area contributed by atoms with Crippen LogP contribution < -0.4 is 3.07 Å². The van der Waals surface area contributed by atoms with E-state index in [2.05, 4.69) is 25.1 Å². The molecule has 0 bridgehead atoms. The normalized spacial score (nSPS) is 10.1.